The number of sulfone groups is 1. The van der Waals surface area contributed by atoms with E-state index in [1.54, 1.807) is 47.9 Å². The second-order valence-corrected chi connectivity index (χ2v) is 10.8. The molecular weight excluding hydrogens is 463 g/mol. The molecule has 2 N–H and O–H groups in total. The summed E-state index contributed by atoms with van der Waals surface area (Å²) in [4.78, 5) is 14.6. The number of hydroxylamine groups is 1. The number of hydrogen-bond donors (Lipinski definition) is 2. The molecule has 2 aromatic carbocycles. The molecule has 0 aromatic heterocycles. The van der Waals surface area contributed by atoms with Crippen molar-refractivity contribution in [3.05, 3.63) is 63.6 Å². The highest BCUT2D eigenvalue weighted by Crippen LogP contribution is 2.34. The Morgan fingerprint density at radius 1 is 1.10 bits per heavy atom. The summed E-state index contributed by atoms with van der Waals surface area (Å²) in [5.41, 5.74) is 3.02. The van der Waals surface area contributed by atoms with Crippen molar-refractivity contribution < 1.29 is 23.2 Å². The van der Waals surface area contributed by atoms with Gasteiger partial charge in [0.15, 0.2) is 14.6 Å². The molecular formula is C21H24Cl2N2O5S. The Morgan fingerprint density at radius 3 is 2.19 bits per heavy atom. The molecule has 2 aromatic rings. The number of nitrogens with one attached hydrogen (secondary N) is 1. The molecule has 1 fully saturated rings. The summed E-state index contributed by atoms with van der Waals surface area (Å²) in [7, 11) is -2.40. The smallest absolute Gasteiger partial charge is 0.264 e. The standard InChI is InChI=1S/C21H24Cl2N2O5S/c1-30-19-4-2-15(3-5-19)14-31(28,29)21(20(26)24-27)6-8-25(9-7-21)13-16-10-17(22)12-18(23)11-16/h2-5,10-12,27H,6-9,13-14H2,1H3,(H,24,26). The lowest BCUT2D eigenvalue weighted by Crippen LogP contribution is -2.57. The van der Waals surface area contributed by atoms with Crippen molar-refractivity contribution in [2.45, 2.75) is 29.9 Å². The van der Waals surface area contributed by atoms with Crippen LogP contribution in [0, 0.1) is 0 Å². The molecule has 0 saturated carbocycles. The normalized spacial score (nSPS) is 16.6. The van der Waals surface area contributed by atoms with Crippen molar-refractivity contribution in [2.75, 3.05) is 20.2 Å². The molecule has 3 rings (SSSR count). The SMILES string of the molecule is COc1ccc(CS(=O)(=O)C2(C(=O)NO)CCN(Cc3cc(Cl)cc(Cl)c3)CC2)cc1. The van der Waals surface area contributed by atoms with Gasteiger partial charge >= 0.3 is 0 Å². The predicted molar refractivity (Wildman–Crippen MR) is 119 cm³/mol. The van der Waals surface area contributed by atoms with Crippen LogP contribution in [0.5, 0.6) is 5.75 Å². The van der Waals surface area contributed by atoms with Gasteiger partial charge in [0, 0.05) is 29.7 Å². The molecule has 0 bridgehead atoms. The van der Waals surface area contributed by atoms with Crippen LogP contribution in [-0.2, 0) is 26.9 Å². The van der Waals surface area contributed by atoms with Gasteiger partial charge < -0.3 is 4.74 Å². The lowest BCUT2D eigenvalue weighted by atomic mass is 9.94. The zero-order valence-electron chi connectivity index (χ0n) is 17.0. The number of ether oxygens (including phenoxy) is 1. The number of carbonyl (C=O) groups excluding carboxylic acids is 1. The first-order chi connectivity index (χ1) is 14.7. The Hall–Kier alpha value is -1.84. The number of methoxy groups -OCH3 is 1. The maximum absolute atomic E-state index is 13.3. The van der Waals surface area contributed by atoms with Gasteiger partial charge in [0.25, 0.3) is 5.91 Å². The maximum atomic E-state index is 13.3. The van der Waals surface area contributed by atoms with Crippen molar-refractivity contribution in [1.29, 1.82) is 0 Å². The molecule has 1 heterocycles. The summed E-state index contributed by atoms with van der Waals surface area (Å²) in [5.74, 6) is -0.598. The third-order valence-corrected chi connectivity index (χ3v) is 8.55. The fourth-order valence-corrected chi connectivity index (χ4v) is 6.50. The van der Waals surface area contributed by atoms with E-state index < -0.39 is 20.5 Å². The molecule has 0 radical (unpaired) electrons. The van der Waals surface area contributed by atoms with Crippen molar-refractivity contribution in [2.24, 2.45) is 0 Å². The van der Waals surface area contributed by atoms with Crippen molar-refractivity contribution >= 4 is 38.9 Å². The number of piperidine rings is 1. The molecule has 1 saturated heterocycles. The largest absolute Gasteiger partial charge is 0.497 e. The van der Waals surface area contributed by atoms with E-state index in [0.717, 1.165) is 5.56 Å². The molecule has 31 heavy (non-hydrogen) atoms. The molecule has 0 atom stereocenters. The second-order valence-electron chi connectivity index (χ2n) is 7.60. The van der Waals surface area contributed by atoms with E-state index in [9.17, 15) is 18.4 Å². The Balaban J connectivity index is 1.77. The Kier molecular flexibility index (Phi) is 7.49. The minimum absolute atomic E-state index is 0.0617. The van der Waals surface area contributed by atoms with Gasteiger partial charge in [-0.3, -0.25) is 14.9 Å². The Bertz CT molecular complexity index is 1020. The fourth-order valence-electron chi connectivity index (χ4n) is 3.89. The van der Waals surface area contributed by atoms with Gasteiger partial charge in [0.1, 0.15) is 5.75 Å². The Morgan fingerprint density at radius 2 is 1.68 bits per heavy atom. The summed E-state index contributed by atoms with van der Waals surface area (Å²) >= 11 is 12.1. The molecule has 10 heteroatoms. The highest BCUT2D eigenvalue weighted by atomic mass is 35.5. The summed E-state index contributed by atoms with van der Waals surface area (Å²) < 4.78 is 30.1. The number of halogens is 2. The minimum Gasteiger partial charge on any atom is -0.497 e. The number of rotatable bonds is 7. The summed E-state index contributed by atoms with van der Waals surface area (Å²) in [5, 5.41) is 10.3. The van der Waals surface area contributed by atoms with Crippen LogP contribution < -0.4 is 10.2 Å². The van der Waals surface area contributed by atoms with E-state index in [2.05, 4.69) is 0 Å². The van der Waals surface area contributed by atoms with E-state index in [4.69, 9.17) is 27.9 Å². The van der Waals surface area contributed by atoms with Gasteiger partial charge in [-0.1, -0.05) is 35.3 Å². The number of carbonyl (C=O) groups is 1. The van der Waals surface area contributed by atoms with E-state index in [-0.39, 0.29) is 18.6 Å². The number of amides is 1. The maximum Gasteiger partial charge on any atom is 0.264 e. The van der Waals surface area contributed by atoms with Crippen LogP contribution in [0.4, 0.5) is 0 Å². The van der Waals surface area contributed by atoms with Gasteiger partial charge in [0.2, 0.25) is 0 Å². The summed E-state index contributed by atoms with van der Waals surface area (Å²) in [6, 6.07) is 11.9. The van der Waals surface area contributed by atoms with Crippen molar-refractivity contribution in [1.82, 2.24) is 10.4 Å². The van der Waals surface area contributed by atoms with Crippen LogP contribution in [-0.4, -0.2) is 49.4 Å². The lowest BCUT2D eigenvalue weighted by Gasteiger charge is -2.39. The number of hydrogen-bond acceptors (Lipinski definition) is 6. The van der Waals surface area contributed by atoms with E-state index in [0.29, 0.717) is 41.0 Å². The zero-order chi connectivity index (χ0) is 22.6. The second kappa shape index (κ2) is 9.75. The van der Waals surface area contributed by atoms with Gasteiger partial charge in [-0.25, -0.2) is 13.9 Å². The first-order valence-corrected chi connectivity index (χ1v) is 12.1. The van der Waals surface area contributed by atoms with E-state index in [1.165, 1.54) is 7.11 Å². The quantitative estimate of drug-likeness (QED) is 0.459. The fraction of sp³-hybridized carbons (Fsp3) is 0.381. The average molecular weight is 487 g/mol. The highest BCUT2D eigenvalue weighted by Gasteiger charge is 2.52. The topological polar surface area (TPSA) is 95.9 Å². The van der Waals surface area contributed by atoms with Crippen molar-refractivity contribution in [3.8, 4) is 5.75 Å². The molecule has 1 amide bonds. The van der Waals surface area contributed by atoms with E-state index in [1.807, 2.05) is 4.90 Å². The molecule has 1 aliphatic heterocycles. The van der Waals surface area contributed by atoms with Gasteiger partial charge in [-0.05, 0) is 54.3 Å². The van der Waals surface area contributed by atoms with Crippen molar-refractivity contribution in [3.63, 3.8) is 0 Å². The minimum atomic E-state index is -3.92. The zero-order valence-corrected chi connectivity index (χ0v) is 19.3. The van der Waals surface area contributed by atoms with E-state index >= 15 is 0 Å². The first kappa shape index (κ1) is 23.8. The summed E-state index contributed by atoms with van der Waals surface area (Å²) in [6.07, 6.45) is 0.123. The number of benzene rings is 2. The third-order valence-electron chi connectivity index (χ3n) is 5.62. The van der Waals surface area contributed by atoms with Crippen LogP contribution in [0.2, 0.25) is 10.0 Å². The molecule has 1 aliphatic rings. The first-order valence-electron chi connectivity index (χ1n) is 9.66. The Labute approximate surface area is 191 Å². The number of nitrogens with zero attached hydrogens (tertiary/aromatic N) is 1. The molecule has 7 nitrogen and oxygen atoms in total. The number of likely N-dealkylation sites (tertiary alicyclic amines) is 1. The highest BCUT2D eigenvalue weighted by molar-refractivity contribution is 7.92. The van der Waals surface area contributed by atoms with Crippen LogP contribution in [0.3, 0.4) is 0 Å². The van der Waals surface area contributed by atoms with Gasteiger partial charge in [-0.2, -0.15) is 0 Å². The average Bonchev–Trinajstić information content (AvgIpc) is 2.73. The van der Waals surface area contributed by atoms with Crippen LogP contribution >= 0.6 is 23.2 Å². The van der Waals surface area contributed by atoms with Crippen LogP contribution in [0.1, 0.15) is 24.0 Å². The lowest BCUT2D eigenvalue weighted by molar-refractivity contribution is -0.133. The molecule has 168 valence electrons. The predicted octanol–water partition coefficient (Wildman–Crippen LogP) is 3.46. The summed E-state index contributed by atoms with van der Waals surface area (Å²) in [6.45, 7) is 1.24. The molecule has 0 spiro atoms. The third kappa shape index (κ3) is 5.32. The van der Waals surface area contributed by atoms with Crippen LogP contribution in [0.15, 0.2) is 42.5 Å². The molecule has 0 aliphatic carbocycles. The monoisotopic (exact) mass is 486 g/mol. The molecule has 0 unspecified atom stereocenters. The van der Waals surface area contributed by atoms with Gasteiger partial charge in [-0.15, -0.1) is 0 Å². The van der Waals surface area contributed by atoms with Crippen LogP contribution in [0.25, 0.3) is 0 Å². The van der Waals surface area contributed by atoms with Gasteiger partial charge in [0.05, 0.1) is 12.9 Å².